The summed E-state index contributed by atoms with van der Waals surface area (Å²) in [6.45, 7) is 0. The normalized spacial score (nSPS) is 15.6. The fourth-order valence-corrected chi connectivity index (χ4v) is 3.21. The van der Waals surface area contributed by atoms with Gasteiger partial charge >= 0.3 is 0 Å². The molecular formula is C17H23N3O5. The number of nitrogens with two attached hydrogens (primary N) is 1. The van der Waals surface area contributed by atoms with Gasteiger partial charge in [-0.05, 0) is 24.8 Å². The predicted molar refractivity (Wildman–Crippen MR) is 91.1 cm³/mol. The number of hydrogen-bond donors (Lipinski definition) is 2. The van der Waals surface area contributed by atoms with Crippen molar-refractivity contribution in [2.24, 2.45) is 11.7 Å². The standard InChI is InChI=1S/C17H23N3O5/c1-25-15-7-6-13(20(23)24)9-12(15)10-14(17(18)22)19-16(21)8-11-4-2-3-5-11/h6-7,9,11,14H,2-5,8,10H2,1H3,(H2,18,22)(H,19,21)/t14-/m1/s1. The molecule has 0 aromatic heterocycles. The molecule has 3 N–H and O–H groups in total. The molecule has 0 radical (unpaired) electrons. The van der Waals surface area contributed by atoms with E-state index >= 15 is 0 Å². The Morgan fingerprint density at radius 3 is 2.64 bits per heavy atom. The molecule has 25 heavy (non-hydrogen) atoms. The lowest BCUT2D eigenvalue weighted by Gasteiger charge is -2.18. The molecule has 1 fully saturated rings. The number of amides is 2. The summed E-state index contributed by atoms with van der Waals surface area (Å²) in [4.78, 5) is 34.3. The highest BCUT2D eigenvalue weighted by atomic mass is 16.6. The second kappa shape index (κ2) is 8.46. The summed E-state index contributed by atoms with van der Waals surface area (Å²) >= 11 is 0. The first-order chi connectivity index (χ1) is 11.9. The van der Waals surface area contributed by atoms with Crippen LogP contribution in [-0.4, -0.2) is 29.9 Å². The number of non-ortho nitro benzene ring substituents is 1. The monoisotopic (exact) mass is 349 g/mol. The van der Waals surface area contributed by atoms with Gasteiger partial charge in [-0.25, -0.2) is 0 Å². The smallest absolute Gasteiger partial charge is 0.269 e. The van der Waals surface area contributed by atoms with Crippen LogP contribution in [0.2, 0.25) is 0 Å². The van der Waals surface area contributed by atoms with Gasteiger partial charge in [0.2, 0.25) is 11.8 Å². The summed E-state index contributed by atoms with van der Waals surface area (Å²) in [5.74, 6) is -0.156. The Kier molecular flexibility index (Phi) is 6.32. The summed E-state index contributed by atoms with van der Waals surface area (Å²) in [6.07, 6.45) is 4.71. The average molecular weight is 349 g/mol. The zero-order valence-electron chi connectivity index (χ0n) is 14.2. The quantitative estimate of drug-likeness (QED) is 0.546. The lowest BCUT2D eigenvalue weighted by molar-refractivity contribution is -0.384. The molecule has 0 aliphatic heterocycles. The van der Waals surface area contributed by atoms with Crippen molar-refractivity contribution in [1.82, 2.24) is 5.32 Å². The molecule has 1 atom stereocenters. The van der Waals surface area contributed by atoms with E-state index in [-0.39, 0.29) is 18.0 Å². The number of methoxy groups -OCH3 is 1. The Hall–Kier alpha value is -2.64. The lowest BCUT2D eigenvalue weighted by Crippen LogP contribution is -2.46. The van der Waals surface area contributed by atoms with Crippen LogP contribution in [0.5, 0.6) is 5.75 Å². The van der Waals surface area contributed by atoms with E-state index in [0.29, 0.717) is 23.7 Å². The number of hydrogen-bond acceptors (Lipinski definition) is 5. The van der Waals surface area contributed by atoms with Gasteiger partial charge in [0.05, 0.1) is 12.0 Å². The van der Waals surface area contributed by atoms with Crippen LogP contribution in [0.1, 0.15) is 37.7 Å². The first-order valence-corrected chi connectivity index (χ1v) is 8.30. The van der Waals surface area contributed by atoms with Gasteiger partial charge in [-0.15, -0.1) is 0 Å². The lowest BCUT2D eigenvalue weighted by atomic mass is 10.0. The Labute approximate surface area is 145 Å². The van der Waals surface area contributed by atoms with E-state index in [2.05, 4.69) is 5.32 Å². The van der Waals surface area contributed by atoms with Gasteiger partial charge in [0.25, 0.3) is 5.69 Å². The fraction of sp³-hybridized carbons (Fsp3) is 0.529. The van der Waals surface area contributed by atoms with E-state index in [1.807, 2.05) is 0 Å². The minimum Gasteiger partial charge on any atom is -0.496 e. The van der Waals surface area contributed by atoms with Crippen LogP contribution < -0.4 is 15.8 Å². The van der Waals surface area contributed by atoms with E-state index in [1.54, 1.807) is 0 Å². The maximum absolute atomic E-state index is 12.2. The average Bonchev–Trinajstić information content (AvgIpc) is 3.06. The third kappa shape index (κ3) is 5.17. The van der Waals surface area contributed by atoms with E-state index in [0.717, 1.165) is 25.7 Å². The predicted octanol–water partition coefficient (Wildman–Crippen LogP) is 1.70. The molecule has 0 bridgehead atoms. The molecule has 8 nitrogen and oxygen atoms in total. The number of carbonyl (C=O) groups is 2. The molecule has 8 heteroatoms. The number of rotatable bonds is 8. The summed E-state index contributed by atoms with van der Waals surface area (Å²) in [6, 6.07) is 3.18. The van der Waals surface area contributed by atoms with Crippen molar-refractivity contribution in [2.75, 3.05) is 7.11 Å². The molecule has 0 spiro atoms. The van der Waals surface area contributed by atoms with Gasteiger partial charge in [-0.2, -0.15) is 0 Å². The third-order valence-corrected chi connectivity index (χ3v) is 4.53. The Morgan fingerprint density at radius 1 is 1.40 bits per heavy atom. The molecule has 1 saturated carbocycles. The van der Waals surface area contributed by atoms with Crippen molar-refractivity contribution >= 4 is 17.5 Å². The number of primary amides is 1. The van der Waals surface area contributed by atoms with E-state index in [4.69, 9.17) is 10.5 Å². The summed E-state index contributed by atoms with van der Waals surface area (Å²) in [7, 11) is 1.43. The molecule has 0 unspecified atom stereocenters. The van der Waals surface area contributed by atoms with E-state index in [9.17, 15) is 19.7 Å². The minimum absolute atomic E-state index is 0.0383. The number of carbonyl (C=O) groups excluding carboxylic acids is 2. The van der Waals surface area contributed by atoms with Gasteiger partial charge in [0, 0.05) is 30.5 Å². The molecule has 1 aromatic carbocycles. The second-order valence-electron chi connectivity index (χ2n) is 6.33. The maximum atomic E-state index is 12.2. The van der Waals surface area contributed by atoms with Crippen molar-refractivity contribution in [2.45, 2.75) is 44.6 Å². The van der Waals surface area contributed by atoms with Crippen LogP contribution in [0.3, 0.4) is 0 Å². The van der Waals surface area contributed by atoms with Gasteiger partial charge < -0.3 is 15.8 Å². The van der Waals surface area contributed by atoms with Gasteiger partial charge in [-0.3, -0.25) is 19.7 Å². The summed E-state index contributed by atoms with van der Waals surface area (Å²) in [5.41, 5.74) is 5.73. The van der Waals surface area contributed by atoms with Gasteiger partial charge in [-0.1, -0.05) is 12.8 Å². The third-order valence-electron chi connectivity index (χ3n) is 4.53. The van der Waals surface area contributed by atoms with Crippen LogP contribution >= 0.6 is 0 Å². The highest BCUT2D eigenvalue weighted by Gasteiger charge is 2.24. The van der Waals surface area contributed by atoms with Crippen LogP contribution in [-0.2, 0) is 16.0 Å². The first-order valence-electron chi connectivity index (χ1n) is 8.30. The number of nitro groups is 1. The topological polar surface area (TPSA) is 125 Å². The minimum atomic E-state index is -0.940. The highest BCUT2D eigenvalue weighted by Crippen LogP contribution is 2.28. The molecule has 0 heterocycles. The Morgan fingerprint density at radius 2 is 2.08 bits per heavy atom. The zero-order valence-corrected chi connectivity index (χ0v) is 14.2. The number of benzene rings is 1. The van der Waals surface area contributed by atoms with Crippen LogP contribution in [0.4, 0.5) is 5.69 Å². The van der Waals surface area contributed by atoms with Crippen LogP contribution in [0.15, 0.2) is 18.2 Å². The van der Waals surface area contributed by atoms with E-state index in [1.165, 1.54) is 25.3 Å². The number of nitrogens with one attached hydrogen (secondary N) is 1. The van der Waals surface area contributed by atoms with Crippen molar-refractivity contribution in [3.63, 3.8) is 0 Å². The fourth-order valence-electron chi connectivity index (χ4n) is 3.21. The highest BCUT2D eigenvalue weighted by molar-refractivity contribution is 5.87. The molecule has 136 valence electrons. The second-order valence-corrected chi connectivity index (χ2v) is 6.33. The maximum Gasteiger partial charge on any atom is 0.269 e. The van der Waals surface area contributed by atoms with Crippen LogP contribution in [0, 0.1) is 16.0 Å². The number of ether oxygens (including phenoxy) is 1. The molecular weight excluding hydrogens is 326 g/mol. The van der Waals surface area contributed by atoms with Crippen molar-refractivity contribution in [3.05, 3.63) is 33.9 Å². The first kappa shape index (κ1) is 18.7. The van der Waals surface area contributed by atoms with Crippen molar-refractivity contribution in [1.29, 1.82) is 0 Å². The molecule has 1 aliphatic rings. The van der Waals surface area contributed by atoms with Gasteiger partial charge in [0.1, 0.15) is 11.8 Å². The summed E-state index contributed by atoms with van der Waals surface area (Å²) < 4.78 is 5.19. The summed E-state index contributed by atoms with van der Waals surface area (Å²) in [5, 5.41) is 13.6. The molecule has 2 amide bonds. The Balaban J connectivity index is 2.10. The van der Waals surface area contributed by atoms with Gasteiger partial charge in [0.15, 0.2) is 0 Å². The number of nitrogens with zero attached hydrogens (tertiary/aromatic N) is 1. The van der Waals surface area contributed by atoms with Crippen LogP contribution in [0.25, 0.3) is 0 Å². The molecule has 1 aromatic rings. The molecule has 1 aliphatic carbocycles. The number of nitro benzene ring substituents is 1. The largest absolute Gasteiger partial charge is 0.496 e. The van der Waals surface area contributed by atoms with Crippen molar-refractivity contribution in [3.8, 4) is 5.75 Å². The Bertz CT molecular complexity index is 656. The van der Waals surface area contributed by atoms with Crippen molar-refractivity contribution < 1.29 is 19.2 Å². The molecule has 0 saturated heterocycles. The SMILES string of the molecule is COc1ccc([N+](=O)[O-])cc1C[C@@H](NC(=O)CC1CCCC1)C(N)=O. The molecule has 2 rings (SSSR count). The zero-order chi connectivity index (χ0) is 18.4. The van der Waals surface area contributed by atoms with E-state index < -0.39 is 16.9 Å².